The number of anilines is 1. The summed E-state index contributed by atoms with van der Waals surface area (Å²) in [6, 6.07) is 9.49. The molecule has 212 valence electrons. The van der Waals surface area contributed by atoms with Gasteiger partial charge in [0.2, 0.25) is 0 Å². The van der Waals surface area contributed by atoms with E-state index < -0.39 is 17.7 Å². The fraction of sp³-hybridized carbons (Fsp3) is 0.300. The van der Waals surface area contributed by atoms with Crippen LogP contribution in [0.2, 0.25) is 0 Å². The van der Waals surface area contributed by atoms with Gasteiger partial charge in [-0.3, -0.25) is 23.7 Å². The van der Waals surface area contributed by atoms with E-state index in [-0.39, 0.29) is 22.2 Å². The molecule has 1 aromatic carbocycles. The smallest absolute Gasteiger partial charge is 0.301 e. The summed E-state index contributed by atoms with van der Waals surface area (Å²) in [5, 5.41) is 11.9. The van der Waals surface area contributed by atoms with Gasteiger partial charge in [0.25, 0.3) is 5.78 Å². The molecule has 1 amide bonds. The fourth-order valence-electron chi connectivity index (χ4n) is 4.98. The van der Waals surface area contributed by atoms with Gasteiger partial charge in [-0.2, -0.15) is 0 Å². The molecule has 4 aromatic rings. The summed E-state index contributed by atoms with van der Waals surface area (Å²) in [5.41, 5.74) is 2.20. The first kappa shape index (κ1) is 28.0. The Bertz CT molecular complexity index is 1720. The zero-order chi connectivity index (χ0) is 29.4. The molecule has 4 heterocycles. The van der Waals surface area contributed by atoms with Crippen molar-refractivity contribution in [1.29, 1.82) is 0 Å². The number of hydrogen-bond donors (Lipinski definition) is 1. The van der Waals surface area contributed by atoms with Gasteiger partial charge in [0.05, 0.1) is 41.1 Å². The van der Waals surface area contributed by atoms with Crippen molar-refractivity contribution >= 4 is 45.3 Å². The first-order valence-corrected chi connectivity index (χ1v) is 14.1. The number of ketones is 2. The Labute approximate surface area is 240 Å². The fourth-order valence-corrected chi connectivity index (χ4v) is 5.97. The number of benzene rings is 1. The van der Waals surface area contributed by atoms with Crippen LogP contribution in [0.1, 0.15) is 65.6 Å². The second-order valence-electron chi connectivity index (χ2n) is 9.60. The van der Waals surface area contributed by atoms with E-state index in [4.69, 9.17) is 9.47 Å². The zero-order valence-electron chi connectivity index (χ0n) is 23.4. The number of Topliss-reactive ketones (excluding diaryl/α,β-unsaturated/α-hetero) is 2. The molecule has 41 heavy (non-hydrogen) atoms. The third-order valence-electron chi connectivity index (χ3n) is 6.73. The van der Waals surface area contributed by atoms with Crippen molar-refractivity contribution in [2.24, 2.45) is 0 Å². The minimum Gasteiger partial charge on any atom is -0.505 e. The van der Waals surface area contributed by atoms with Crippen LogP contribution in [0, 0.1) is 13.8 Å². The van der Waals surface area contributed by atoms with Gasteiger partial charge in [-0.1, -0.05) is 30.4 Å². The van der Waals surface area contributed by atoms with E-state index in [0.29, 0.717) is 57.9 Å². The lowest BCUT2D eigenvalue weighted by Crippen LogP contribution is -2.29. The van der Waals surface area contributed by atoms with Gasteiger partial charge in [0, 0.05) is 13.1 Å². The van der Waals surface area contributed by atoms with E-state index in [1.807, 2.05) is 19.9 Å². The Hall–Kier alpha value is -4.51. The Morgan fingerprint density at radius 2 is 1.83 bits per heavy atom. The second kappa shape index (κ2) is 11.2. The summed E-state index contributed by atoms with van der Waals surface area (Å²) in [4.78, 5) is 50.2. The van der Waals surface area contributed by atoms with E-state index in [1.54, 1.807) is 54.8 Å². The molecule has 10 nitrogen and oxygen atoms in total. The maximum atomic E-state index is 13.7. The number of pyridine rings is 1. The number of aliphatic hydroxyl groups excluding tert-OH is 1. The highest BCUT2D eigenvalue weighted by Crippen LogP contribution is 2.46. The maximum absolute atomic E-state index is 13.7. The summed E-state index contributed by atoms with van der Waals surface area (Å²) < 4.78 is 13.4. The van der Waals surface area contributed by atoms with Crippen LogP contribution >= 0.6 is 11.3 Å². The molecule has 1 unspecified atom stereocenters. The number of aryl methyl sites for hydroxylation is 2. The van der Waals surface area contributed by atoms with Gasteiger partial charge < -0.3 is 14.6 Å². The van der Waals surface area contributed by atoms with Crippen molar-refractivity contribution in [3.63, 3.8) is 0 Å². The third-order valence-corrected chi connectivity index (χ3v) is 7.99. The Balaban J connectivity index is 1.77. The summed E-state index contributed by atoms with van der Waals surface area (Å²) in [5.74, 6) is -1.34. The number of ether oxygens (including phenoxy) is 2. The number of carbonyl (C=O) groups is 3. The largest absolute Gasteiger partial charge is 0.505 e. The molecule has 3 aromatic heterocycles. The zero-order valence-corrected chi connectivity index (χ0v) is 24.2. The SMILES string of the molecule is CCCOc1ccc(C2/C(=C(\O)c3c(C)nc4ccccn34)C(=O)C(=O)N2c2nc(C)c(C(C)=O)s2)cc1OCC. The van der Waals surface area contributed by atoms with Crippen LogP contribution in [0.15, 0.2) is 48.2 Å². The first-order valence-electron chi connectivity index (χ1n) is 13.3. The summed E-state index contributed by atoms with van der Waals surface area (Å²) in [7, 11) is 0. The van der Waals surface area contributed by atoms with Crippen molar-refractivity contribution in [3.05, 3.63) is 75.7 Å². The third kappa shape index (κ3) is 4.86. The Morgan fingerprint density at radius 3 is 2.51 bits per heavy atom. The molecule has 0 saturated carbocycles. The number of amides is 1. The predicted molar refractivity (Wildman–Crippen MR) is 155 cm³/mol. The number of nitrogens with zero attached hydrogens (tertiary/aromatic N) is 4. The number of thiazole rings is 1. The van der Waals surface area contributed by atoms with Crippen LogP contribution in [0.5, 0.6) is 11.5 Å². The van der Waals surface area contributed by atoms with E-state index in [9.17, 15) is 19.5 Å². The van der Waals surface area contributed by atoms with Crippen LogP contribution in [0.25, 0.3) is 11.4 Å². The minimum atomic E-state index is -1.06. The molecule has 1 fully saturated rings. The monoisotopic (exact) mass is 574 g/mol. The number of imidazole rings is 1. The minimum absolute atomic E-state index is 0.120. The van der Waals surface area contributed by atoms with Gasteiger partial charge >= 0.3 is 5.91 Å². The van der Waals surface area contributed by atoms with Crippen LogP contribution < -0.4 is 14.4 Å². The second-order valence-corrected chi connectivity index (χ2v) is 10.6. The van der Waals surface area contributed by atoms with Gasteiger partial charge in [-0.05, 0) is 57.0 Å². The Morgan fingerprint density at radius 1 is 1.05 bits per heavy atom. The molecule has 1 aliphatic rings. The lowest BCUT2D eigenvalue weighted by atomic mass is 9.96. The molecule has 5 rings (SSSR count). The molecule has 11 heteroatoms. The van der Waals surface area contributed by atoms with Crippen LogP contribution in [0.4, 0.5) is 5.13 Å². The molecule has 0 spiro atoms. The number of carbonyl (C=O) groups excluding carboxylic acids is 3. The van der Waals surface area contributed by atoms with Crippen LogP contribution in [0.3, 0.4) is 0 Å². The first-order chi connectivity index (χ1) is 19.7. The standard InChI is InChI=1S/C30H30N4O6S/c1-6-14-40-20-12-11-19(15-21(20)39-7-2)25-23(26(36)24-16(3)31-22-10-8-9-13-33(22)24)27(37)29(38)34(25)30-32-17(4)28(41-30)18(5)35/h8-13,15,25,36H,6-7,14H2,1-5H3/b26-23+. The van der Waals surface area contributed by atoms with E-state index in [0.717, 1.165) is 17.8 Å². The highest BCUT2D eigenvalue weighted by Gasteiger charge is 2.49. The summed E-state index contributed by atoms with van der Waals surface area (Å²) in [6.45, 7) is 9.51. The van der Waals surface area contributed by atoms with Gasteiger partial charge in [-0.15, -0.1) is 0 Å². The molecular weight excluding hydrogens is 544 g/mol. The number of rotatable bonds is 9. The van der Waals surface area contributed by atoms with Crippen molar-refractivity contribution in [2.45, 2.75) is 47.1 Å². The molecule has 0 aliphatic carbocycles. The molecular formula is C30H30N4O6S. The van der Waals surface area contributed by atoms with E-state index >= 15 is 0 Å². The number of aliphatic hydroxyl groups is 1. The van der Waals surface area contributed by atoms with Crippen LogP contribution in [-0.4, -0.2) is 50.2 Å². The molecule has 1 N–H and O–H groups in total. The molecule has 0 radical (unpaired) electrons. The van der Waals surface area contributed by atoms with Crippen LogP contribution in [-0.2, 0) is 9.59 Å². The predicted octanol–water partition coefficient (Wildman–Crippen LogP) is 5.42. The molecule has 1 aliphatic heterocycles. The number of aromatic nitrogens is 3. The summed E-state index contributed by atoms with van der Waals surface area (Å²) >= 11 is 1.03. The average molecular weight is 575 g/mol. The molecule has 1 atom stereocenters. The van der Waals surface area contributed by atoms with Crippen molar-refractivity contribution in [1.82, 2.24) is 14.4 Å². The highest BCUT2D eigenvalue weighted by atomic mass is 32.1. The van der Waals surface area contributed by atoms with Gasteiger partial charge in [0.1, 0.15) is 11.3 Å². The van der Waals surface area contributed by atoms with Crippen molar-refractivity contribution in [2.75, 3.05) is 18.1 Å². The number of fused-ring (bicyclic) bond motifs is 1. The molecule has 1 saturated heterocycles. The van der Waals surface area contributed by atoms with Gasteiger partial charge in [0.15, 0.2) is 28.2 Å². The highest BCUT2D eigenvalue weighted by molar-refractivity contribution is 7.18. The Kier molecular flexibility index (Phi) is 7.63. The number of hydrogen-bond acceptors (Lipinski definition) is 9. The average Bonchev–Trinajstić information content (AvgIpc) is 3.58. The lowest BCUT2D eigenvalue weighted by molar-refractivity contribution is -0.132. The van der Waals surface area contributed by atoms with E-state index in [2.05, 4.69) is 9.97 Å². The van der Waals surface area contributed by atoms with Gasteiger partial charge in [-0.25, -0.2) is 9.97 Å². The maximum Gasteiger partial charge on any atom is 0.301 e. The quantitative estimate of drug-likeness (QED) is 0.122. The topological polar surface area (TPSA) is 123 Å². The lowest BCUT2D eigenvalue weighted by Gasteiger charge is -2.24. The van der Waals surface area contributed by atoms with Crippen molar-refractivity contribution < 1.29 is 29.0 Å². The van der Waals surface area contributed by atoms with Crippen molar-refractivity contribution in [3.8, 4) is 11.5 Å². The summed E-state index contributed by atoms with van der Waals surface area (Å²) in [6.07, 6.45) is 2.53. The molecule has 0 bridgehead atoms. The normalized spacial score (nSPS) is 16.5. The van der Waals surface area contributed by atoms with E-state index in [1.165, 1.54) is 11.8 Å².